The van der Waals surface area contributed by atoms with Gasteiger partial charge < -0.3 is 9.80 Å². The van der Waals surface area contributed by atoms with E-state index in [9.17, 15) is 9.18 Å². The first-order valence-electron chi connectivity index (χ1n) is 8.78. The van der Waals surface area contributed by atoms with E-state index in [1.54, 1.807) is 35.5 Å². The molecule has 6 heteroatoms. The van der Waals surface area contributed by atoms with Gasteiger partial charge in [0.1, 0.15) is 5.82 Å². The molecule has 0 unspecified atom stereocenters. The average molecular weight is 340 g/mol. The number of likely N-dealkylation sites (tertiary alicyclic amines) is 1. The van der Waals surface area contributed by atoms with Gasteiger partial charge in [-0.25, -0.2) is 14.4 Å². The SMILES string of the molecule is O=C(c1ccccc1F)N1CCC2(CCCN2c2ncccn2)CC1. The molecule has 1 spiro atoms. The molecule has 0 N–H and O–H groups in total. The smallest absolute Gasteiger partial charge is 0.256 e. The van der Waals surface area contributed by atoms with Gasteiger partial charge in [0.15, 0.2) is 0 Å². The number of aromatic nitrogens is 2. The summed E-state index contributed by atoms with van der Waals surface area (Å²) < 4.78 is 13.9. The number of amides is 1. The van der Waals surface area contributed by atoms with E-state index in [-0.39, 0.29) is 17.0 Å². The molecule has 5 nitrogen and oxygen atoms in total. The van der Waals surface area contributed by atoms with Gasteiger partial charge in [0, 0.05) is 37.6 Å². The van der Waals surface area contributed by atoms with E-state index in [2.05, 4.69) is 14.9 Å². The second-order valence-corrected chi connectivity index (χ2v) is 6.80. The molecule has 25 heavy (non-hydrogen) atoms. The molecule has 2 aromatic rings. The summed E-state index contributed by atoms with van der Waals surface area (Å²) >= 11 is 0. The van der Waals surface area contributed by atoms with Gasteiger partial charge in [-0.15, -0.1) is 0 Å². The molecular formula is C19H21FN4O. The summed E-state index contributed by atoms with van der Waals surface area (Å²) in [5.74, 6) is 0.107. The highest BCUT2D eigenvalue weighted by atomic mass is 19.1. The molecule has 1 aromatic carbocycles. The van der Waals surface area contributed by atoms with E-state index in [1.165, 1.54) is 6.07 Å². The van der Waals surface area contributed by atoms with Crippen molar-refractivity contribution in [2.75, 3.05) is 24.5 Å². The van der Waals surface area contributed by atoms with Crippen molar-refractivity contribution in [2.45, 2.75) is 31.2 Å². The number of carbonyl (C=O) groups excluding carboxylic acids is 1. The third-order valence-corrected chi connectivity index (χ3v) is 5.48. The Morgan fingerprint density at radius 1 is 1.00 bits per heavy atom. The number of anilines is 1. The van der Waals surface area contributed by atoms with E-state index in [0.29, 0.717) is 13.1 Å². The third-order valence-electron chi connectivity index (χ3n) is 5.48. The molecule has 2 saturated heterocycles. The van der Waals surface area contributed by atoms with E-state index in [0.717, 1.165) is 38.2 Å². The first kappa shape index (κ1) is 16.0. The van der Waals surface area contributed by atoms with Crippen molar-refractivity contribution in [3.8, 4) is 0 Å². The molecule has 0 atom stereocenters. The fourth-order valence-electron chi connectivity index (χ4n) is 4.13. The van der Waals surface area contributed by atoms with Crippen LogP contribution in [0.2, 0.25) is 0 Å². The van der Waals surface area contributed by atoms with Crippen LogP contribution in [0.1, 0.15) is 36.0 Å². The predicted octanol–water partition coefficient (Wildman–Crippen LogP) is 2.89. The Labute approximate surface area is 146 Å². The van der Waals surface area contributed by atoms with Crippen molar-refractivity contribution in [1.29, 1.82) is 0 Å². The van der Waals surface area contributed by atoms with Gasteiger partial charge in [0.25, 0.3) is 5.91 Å². The molecule has 2 aliphatic heterocycles. The Kier molecular flexibility index (Phi) is 4.11. The normalized spacial score (nSPS) is 19.4. The lowest BCUT2D eigenvalue weighted by molar-refractivity contribution is 0.0667. The molecule has 2 aliphatic rings. The van der Waals surface area contributed by atoms with Crippen LogP contribution in [-0.2, 0) is 0 Å². The number of benzene rings is 1. The molecule has 0 bridgehead atoms. The quantitative estimate of drug-likeness (QED) is 0.843. The van der Waals surface area contributed by atoms with Gasteiger partial charge in [-0.1, -0.05) is 12.1 Å². The molecule has 4 rings (SSSR count). The summed E-state index contributed by atoms with van der Waals surface area (Å²) in [4.78, 5) is 25.5. The highest BCUT2D eigenvalue weighted by Crippen LogP contribution is 2.40. The standard InChI is InChI=1S/C19H21FN4O/c20-16-6-2-1-5-15(16)17(25)23-13-8-19(9-14-23)7-3-12-24(19)18-21-10-4-11-22-18/h1-2,4-6,10-11H,3,7-9,12-14H2. The Balaban J connectivity index is 1.49. The lowest BCUT2D eigenvalue weighted by atomic mass is 9.85. The van der Waals surface area contributed by atoms with Crippen LogP contribution < -0.4 is 4.90 Å². The van der Waals surface area contributed by atoms with Crippen LogP contribution in [0.15, 0.2) is 42.7 Å². The Hall–Kier alpha value is -2.50. The minimum Gasteiger partial charge on any atom is -0.338 e. The molecule has 0 aliphatic carbocycles. The average Bonchev–Trinajstić information content (AvgIpc) is 3.06. The number of rotatable bonds is 2. The van der Waals surface area contributed by atoms with Crippen molar-refractivity contribution in [3.63, 3.8) is 0 Å². The number of hydrogen-bond donors (Lipinski definition) is 0. The van der Waals surface area contributed by atoms with Gasteiger partial charge in [0.05, 0.1) is 5.56 Å². The Morgan fingerprint density at radius 2 is 1.72 bits per heavy atom. The molecule has 1 amide bonds. The highest BCUT2D eigenvalue weighted by Gasteiger charge is 2.45. The Bertz CT molecular complexity index is 759. The van der Waals surface area contributed by atoms with Crippen LogP contribution in [0.5, 0.6) is 0 Å². The second-order valence-electron chi connectivity index (χ2n) is 6.80. The van der Waals surface area contributed by atoms with Crippen molar-refractivity contribution in [2.24, 2.45) is 0 Å². The molecule has 130 valence electrons. The minimum absolute atomic E-state index is 0.0212. The van der Waals surface area contributed by atoms with Crippen LogP contribution in [-0.4, -0.2) is 45.9 Å². The maximum atomic E-state index is 13.9. The van der Waals surface area contributed by atoms with Gasteiger partial charge in [-0.2, -0.15) is 0 Å². The molecular weight excluding hydrogens is 319 g/mol. The molecule has 1 aromatic heterocycles. The maximum Gasteiger partial charge on any atom is 0.256 e. The fraction of sp³-hybridized carbons (Fsp3) is 0.421. The zero-order chi connectivity index (χ0) is 17.3. The minimum atomic E-state index is -0.451. The second kappa shape index (κ2) is 6.43. The summed E-state index contributed by atoms with van der Waals surface area (Å²) in [5.41, 5.74) is 0.181. The summed E-state index contributed by atoms with van der Waals surface area (Å²) in [7, 11) is 0. The lowest BCUT2D eigenvalue weighted by Gasteiger charge is -2.45. The van der Waals surface area contributed by atoms with E-state index < -0.39 is 5.82 Å². The number of piperidine rings is 1. The molecule has 0 saturated carbocycles. The molecule has 2 fully saturated rings. The van der Waals surface area contributed by atoms with Crippen LogP contribution in [0.4, 0.5) is 10.3 Å². The lowest BCUT2D eigenvalue weighted by Crippen LogP contribution is -2.54. The van der Waals surface area contributed by atoms with E-state index in [4.69, 9.17) is 0 Å². The topological polar surface area (TPSA) is 49.3 Å². The van der Waals surface area contributed by atoms with Crippen molar-refractivity contribution in [1.82, 2.24) is 14.9 Å². The van der Waals surface area contributed by atoms with Crippen LogP contribution >= 0.6 is 0 Å². The summed E-state index contributed by atoms with van der Waals surface area (Å²) in [5, 5.41) is 0. The van der Waals surface area contributed by atoms with Crippen molar-refractivity contribution in [3.05, 3.63) is 54.1 Å². The first-order chi connectivity index (χ1) is 12.2. The largest absolute Gasteiger partial charge is 0.338 e. The zero-order valence-corrected chi connectivity index (χ0v) is 14.1. The number of hydrogen-bond acceptors (Lipinski definition) is 4. The van der Waals surface area contributed by atoms with Crippen molar-refractivity contribution >= 4 is 11.9 Å². The third kappa shape index (κ3) is 2.86. The monoisotopic (exact) mass is 340 g/mol. The highest BCUT2D eigenvalue weighted by molar-refractivity contribution is 5.94. The van der Waals surface area contributed by atoms with Gasteiger partial charge in [-0.3, -0.25) is 4.79 Å². The summed E-state index contributed by atoms with van der Waals surface area (Å²) in [6.45, 7) is 2.22. The number of halogens is 1. The summed E-state index contributed by atoms with van der Waals surface area (Å²) in [6, 6.07) is 8.02. The predicted molar refractivity (Wildman–Crippen MR) is 92.9 cm³/mol. The number of nitrogens with zero attached hydrogens (tertiary/aromatic N) is 4. The Morgan fingerprint density at radius 3 is 2.44 bits per heavy atom. The number of carbonyl (C=O) groups is 1. The fourth-order valence-corrected chi connectivity index (χ4v) is 4.13. The zero-order valence-electron chi connectivity index (χ0n) is 14.1. The first-order valence-corrected chi connectivity index (χ1v) is 8.78. The molecule has 0 radical (unpaired) electrons. The summed E-state index contributed by atoms with van der Waals surface area (Å²) in [6.07, 6.45) is 7.47. The molecule has 3 heterocycles. The van der Waals surface area contributed by atoms with Crippen LogP contribution in [0.3, 0.4) is 0 Å². The van der Waals surface area contributed by atoms with E-state index >= 15 is 0 Å². The van der Waals surface area contributed by atoms with Crippen LogP contribution in [0.25, 0.3) is 0 Å². The van der Waals surface area contributed by atoms with Gasteiger partial charge >= 0.3 is 0 Å². The maximum absolute atomic E-state index is 13.9. The van der Waals surface area contributed by atoms with Crippen molar-refractivity contribution < 1.29 is 9.18 Å². The van der Waals surface area contributed by atoms with Gasteiger partial charge in [-0.05, 0) is 43.9 Å². The van der Waals surface area contributed by atoms with Crippen LogP contribution in [0, 0.1) is 5.82 Å². The van der Waals surface area contributed by atoms with E-state index in [1.807, 2.05) is 6.07 Å². The van der Waals surface area contributed by atoms with Gasteiger partial charge in [0.2, 0.25) is 5.95 Å².